The number of nitrogen functional groups attached to an aromatic ring is 1. The van der Waals surface area contributed by atoms with E-state index >= 15 is 0 Å². The van der Waals surface area contributed by atoms with Crippen LogP contribution in [0.5, 0.6) is 0 Å². The second-order valence-electron chi connectivity index (χ2n) is 4.62. The molecule has 0 aliphatic carbocycles. The van der Waals surface area contributed by atoms with Gasteiger partial charge in [-0.2, -0.15) is 0 Å². The van der Waals surface area contributed by atoms with Crippen molar-refractivity contribution in [1.82, 2.24) is 9.97 Å². The number of nitrogens with two attached hydrogens (primary N) is 1. The van der Waals surface area contributed by atoms with Gasteiger partial charge in [0, 0.05) is 22.6 Å². The standard InChI is InChI=1S/C14H14ClN3O/c1-8-6-9(15)2-3-10(8)14-17-12-4-5-19-7-11(12)13(16)18-14/h2-3,6H,4-5,7H2,1H3,(H2,16,17,18). The third-order valence-corrected chi connectivity index (χ3v) is 3.52. The summed E-state index contributed by atoms with van der Waals surface area (Å²) in [6.07, 6.45) is 0.779. The molecule has 1 aliphatic rings. The molecule has 4 nitrogen and oxygen atoms in total. The van der Waals surface area contributed by atoms with Gasteiger partial charge in [-0.15, -0.1) is 0 Å². The van der Waals surface area contributed by atoms with Crippen LogP contribution in [-0.4, -0.2) is 16.6 Å². The van der Waals surface area contributed by atoms with Gasteiger partial charge in [0.25, 0.3) is 0 Å². The van der Waals surface area contributed by atoms with Crippen molar-refractivity contribution in [2.24, 2.45) is 0 Å². The van der Waals surface area contributed by atoms with Crippen LogP contribution in [0.25, 0.3) is 11.4 Å². The number of hydrogen-bond acceptors (Lipinski definition) is 4. The van der Waals surface area contributed by atoms with Gasteiger partial charge in [0.05, 0.1) is 18.9 Å². The summed E-state index contributed by atoms with van der Waals surface area (Å²) in [5.41, 5.74) is 9.91. The lowest BCUT2D eigenvalue weighted by Crippen LogP contribution is -2.16. The van der Waals surface area contributed by atoms with Gasteiger partial charge < -0.3 is 10.5 Å². The molecular formula is C14H14ClN3O. The number of benzene rings is 1. The molecule has 0 radical (unpaired) electrons. The topological polar surface area (TPSA) is 61.0 Å². The minimum atomic E-state index is 0.501. The molecule has 0 spiro atoms. The highest BCUT2D eigenvalue weighted by molar-refractivity contribution is 6.30. The van der Waals surface area contributed by atoms with Crippen LogP contribution in [0.4, 0.5) is 5.82 Å². The summed E-state index contributed by atoms with van der Waals surface area (Å²) >= 11 is 5.97. The number of hydrogen-bond donors (Lipinski definition) is 1. The van der Waals surface area contributed by atoms with E-state index in [1.165, 1.54) is 0 Å². The Labute approximate surface area is 116 Å². The van der Waals surface area contributed by atoms with Gasteiger partial charge in [0.15, 0.2) is 5.82 Å². The predicted octanol–water partition coefficient (Wildman–Crippen LogP) is 2.76. The maximum absolute atomic E-state index is 6.00. The van der Waals surface area contributed by atoms with Gasteiger partial charge in [0.2, 0.25) is 0 Å². The smallest absolute Gasteiger partial charge is 0.162 e. The molecule has 2 N–H and O–H groups in total. The summed E-state index contributed by atoms with van der Waals surface area (Å²) in [4.78, 5) is 9.01. The Hall–Kier alpha value is -1.65. The number of anilines is 1. The first-order valence-corrected chi connectivity index (χ1v) is 6.52. The molecule has 0 bridgehead atoms. The quantitative estimate of drug-likeness (QED) is 0.869. The summed E-state index contributed by atoms with van der Waals surface area (Å²) in [5, 5.41) is 0.709. The minimum Gasteiger partial charge on any atom is -0.383 e. The highest BCUT2D eigenvalue weighted by Crippen LogP contribution is 2.27. The Balaban J connectivity index is 2.13. The fraction of sp³-hybridized carbons (Fsp3) is 0.286. The van der Waals surface area contributed by atoms with Gasteiger partial charge in [-0.25, -0.2) is 9.97 Å². The largest absolute Gasteiger partial charge is 0.383 e. The number of fused-ring (bicyclic) bond motifs is 1. The Bertz CT molecular complexity index is 643. The van der Waals surface area contributed by atoms with Crippen LogP contribution in [0.15, 0.2) is 18.2 Å². The van der Waals surface area contributed by atoms with Crippen molar-refractivity contribution in [2.75, 3.05) is 12.3 Å². The van der Waals surface area contributed by atoms with Gasteiger partial charge in [0.1, 0.15) is 5.82 Å². The number of aryl methyl sites for hydroxylation is 1. The maximum atomic E-state index is 6.00. The van der Waals surface area contributed by atoms with Gasteiger partial charge >= 0.3 is 0 Å². The maximum Gasteiger partial charge on any atom is 0.162 e. The first-order valence-electron chi connectivity index (χ1n) is 6.14. The molecule has 98 valence electrons. The highest BCUT2D eigenvalue weighted by Gasteiger charge is 2.17. The third-order valence-electron chi connectivity index (χ3n) is 3.28. The lowest BCUT2D eigenvalue weighted by atomic mass is 10.1. The van der Waals surface area contributed by atoms with Crippen molar-refractivity contribution < 1.29 is 4.74 Å². The van der Waals surface area contributed by atoms with E-state index in [1.54, 1.807) is 0 Å². The molecule has 19 heavy (non-hydrogen) atoms. The zero-order valence-corrected chi connectivity index (χ0v) is 11.4. The number of halogens is 1. The Morgan fingerprint density at radius 1 is 1.32 bits per heavy atom. The predicted molar refractivity (Wildman–Crippen MR) is 75.0 cm³/mol. The fourth-order valence-electron chi connectivity index (χ4n) is 2.26. The second-order valence-corrected chi connectivity index (χ2v) is 5.06. The van der Waals surface area contributed by atoms with E-state index in [1.807, 2.05) is 25.1 Å². The lowest BCUT2D eigenvalue weighted by Gasteiger charge is -2.18. The van der Waals surface area contributed by atoms with Crippen LogP contribution in [0.1, 0.15) is 16.8 Å². The van der Waals surface area contributed by atoms with E-state index in [0.29, 0.717) is 29.9 Å². The van der Waals surface area contributed by atoms with Crippen molar-refractivity contribution in [2.45, 2.75) is 20.0 Å². The van der Waals surface area contributed by atoms with Crippen molar-refractivity contribution >= 4 is 17.4 Å². The molecule has 2 heterocycles. The third kappa shape index (κ3) is 2.29. The molecule has 1 aromatic carbocycles. The Kier molecular flexibility index (Phi) is 3.12. The molecule has 0 amide bonds. The number of nitrogens with zero attached hydrogens (tertiary/aromatic N) is 2. The Morgan fingerprint density at radius 2 is 2.16 bits per heavy atom. The molecule has 0 saturated carbocycles. The summed E-state index contributed by atoms with van der Waals surface area (Å²) < 4.78 is 5.38. The van der Waals surface area contributed by atoms with Crippen LogP contribution < -0.4 is 5.73 Å². The van der Waals surface area contributed by atoms with Gasteiger partial charge in [-0.1, -0.05) is 11.6 Å². The van der Waals surface area contributed by atoms with Crippen molar-refractivity contribution in [3.05, 3.63) is 40.0 Å². The molecule has 2 aromatic rings. The molecule has 0 saturated heterocycles. The molecule has 0 atom stereocenters. The van der Waals surface area contributed by atoms with E-state index in [4.69, 9.17) is 22.1 Å². The minimum absolute atomic E-state index is 0.501. The number of aromatic nitrogens is 2. The number of ether oxygens (including phenoxy) is 1. The van der Waals surface area contributed by atoms with Gasteiger partial charge in [-0.05, 0) is 30.7 Å². The molecule has 1 aromatic heterocycles. The van der Waals surface area contributed by atoms with Crippen molar-refractivity contribution in [3.8, 4) is 11.4 Å². The van der Waals surface area contributed by atoms with Crippen LogP contribution in [0.2, 0.25) is 5.02 Å². The first-order chi connectivity index (χ1) is 9.15. The Morgan fingerprint density at radius 3 is 2.95 bits per heavy atom. The summed E-state index contributed by atoms with van der Waals surface area (Å²) in [6, 6.07) is 5.67. The molecule has 3 rings (SSSR count). The monoisotopic (exact) mass is 275 g/mol. The summed E-state index contributed by atoms with van der Waals surface area (Å²) in [7, 11) is 0. The summed E-state index contributed by atoms with van der Waals surface area (Å²) in [6.45, 7) is 3.17. The SMILES string of the molecule is Cc1cc(Cl)ccc1-c1nc(N)c2c(n1)CCOC2. The average molecular weight is 276 g/mol. The van der Waals surface area contributed by atoms with E-state index in [2.05, 4.69) is 9.97 Å². The molecular weight excluding hydrogens is 262 g/mol. The normalized spacial score (nSPS) is 14.2. The van der Waals surface area contributed by atoms with E-state index in [-0.39, 0.29) is 0 Å². The zero-order chi connectivity index (χ0) is 13.4. The zero-order valence-electron chi connectivity index (χ0n) is 10.6. The van der Waals surface area contributed by atoms with Crippen LogP contribution >= 0.6 is 11.6 Å². The summed E-state index contributed by atoms with van der Waals surface area (Å²) in [5.74, 6) is 1.17. The fourth-order valence-corrected chi connectivity index (χ4v) is 2.48. The van der Waals surface area contributed by atoms with E-state index < -0.39 is 0 Å². The second kappa shape index (κ2) is 4.79. The molecule has 0 unspecified atom stereocenters. The lowest BCUT2D eigenvalue weighted by molar-refractivity contribution is 0.109. The van der Waals surface area contributed by atoms with Gasteiger partial charge in [-0.3, -0.25) is 0 Å². The van der Waals surface area contributed by atoms with Crippen LogP contribution in [-0.2, 0) is 17.8 Å². The van der Waals surface area contributed by atoms with Crippen molar-refractivity contribution in [1.29, 1.82) is 0 Å². The molecule has 0 fully saturated rings. The van der Waals surface area contributed by atoms with E-state index in [9.17, 15) is 0 Å². The highest BCUT2D eigenvalue weighted by atomic mass is 35.5. The first kappa shape index (κ1) is 12.4. The van der Waals surface area contributed by atoms with Crippen molar-refractivity contribution in [3.63, 3.8) is 0 Å². The van der Waals surface area contributed by atoms with E-state index in [0.717, 1.165) is 28.8 Å². The average Bonchev–Trinajstić information content (AvgIpc) is 2.38. The number of rotatable bonds is 1. The van der Waals surface area contributed by atoms with Crippen LogP contribution in [0, 0.1) is 6.92 Å². The molecule has 5 heteroatoms. The van der Waals surface area contributed by atoms with Crippen LogP contribution in [0.3, 0.4) is 0 Å². The molecule has 1 aliphatic heterocycles.